The minimum absolute atomic E-state index is 0.0526. The summed E-state index contributed by atoms with van der Waals surface area (Å²) < 4.78 is 23.5. The van der Waals surface area contributed by atoms with Gasteiger partial charge in [-0.2, -0.15) is 0 Å². The maximum atomic E-state index is 12.9. The summed E-state index contributed by atoms with van der Waals surface area (Å²) in [6.45, 7) is 4.75. The quantitative estimate of drug-likeness (QED) is 0.0244. The number of phosphoric ester groups is 1. The van der Waals surface area contributed by atoms with Gasteiger partial charge in [0.05, 0.1) is 39.9 Å². The molecule has 9 heteroatoms. The number of unbranched alkanes of at least 4 members (excludes halogenated alkanes) is 24. The van der Waals surface area contributed by atoms with Crippen LogP contribution in [-0.4, -0.2) is 73.4 Å². The molecule has 0 spiro atoms. The second-order valence-electron chi connectivity index (χ2n) is 17.5. The monoisotopic (exact) mass is 838 g/mol. The van der Waals surface area contributed by atoms with Crippen molar-refractivity contribution in [3.63, 3.8) is 0 Å². The molecule has 3 N–H and O–H groups in total. The summed E-state index contributed by atoms with van der Waals surface area (Å²) in [4.78, 5) is 23.1. The summed E-state index contributed by atoms with van der Waals surface area (Å²) in [5.41, 5.74) is 0. The second kappa shape index (κ2) is 40.8. The molecule has 0 heterocycles. The first-order valence-corrected chi connectivity index (χ1v) is 25.5. The Bertz CT molecular complexity index is 1090. The zero-order chi connectivity index (χ0) is 42.8. The molecule has 0 rings (SSSR count). The van der Waals surface area contributed by atoms with Crippen molar-refractivity contribution >= 4 is 13.7 Å². The molecule has 0 aliphatic rings. The van der Waals surface area contributed by atoms with Gasteiger partial charge >= 0.3 is 7.82 Å². The Balaban J connectivity index is 4.31. The molecular weight excluding hydrogens is 744 g/mol. The van der Waals surface area contributed by atoms with Crippen molar-refractivity contribution in [2.45, 2.75) is 219 Å². The first-order valence-electron chi connectivity index (χ1n) is 24.0. The molecule has 0 radical (unpaired) electrons. The van der Waals surface area contributed by atoms with Crippen LogP contribution in [0.5, 0.6) is 0 Å². The predicted octanol–water partition coefficient (Wildman–Crippen LogP) is 13.6. The Morgan fingerprint density at radius 3 is 1.41 bits per heavy atom. The fourth-order valence-corrected chi connectivity index (χ4v) is 7.39. The van der Waals surface area contributed by atoms with E-state index in [0.29, 0.717) is 17.4 Å². The Hall–Kier alpha value is -1.54. The highest BCUT2D eigenvalue weighted by molar-refractivity contribution is 7.47. The number of hydrogen-bond acceptors (Lipinski definition) is 5. The number of amides is 1. The Labute approximate surface area is 359 Å². The highest BCUT2D eigenvalue weighted by Crippen LogP contribution is 2.43. The average Bonchev–Trinajstić information content (AvgIpc) is 3.17. The normalized spacial score (nSPS) is 14.7. The summed E-state index contributed by atoms with van der Waals surface area (Å²) in [6, 6.07) is -0.869. The van der Waals surface area contributed by atoms with Crippen LogP contribution < -0.4 is 5.32 Å². The fraction of sp³-hybridized carbons (Fsp3) is 0.816. The number of aliphatic hydroxyl groups excluding tert-OH is 1. The van der Waals surface area contributed by atoms with Crippen LogP contribution in [-0.2, 0) is 18.4 Å². The molecule has 0 aliphatic heterocycles. The largest absolute Gasteiger partial charge is 0.472 e. The second-order valence-corrected chi connectivity index (χ2v) is 18.9. The number of aliphatic hydroxyl groups is 1. The molecule has 0 saturated heterocycles. The van der Waals surface area contributed by atoms with Crippen molar-refractivity contribution in [1.82, 2.24) is 5.32 Å². The maximum absolute atomic E-state index is 12.9. The van der Waals surface area contributed by atoms with Gasteiger partial charge in [-0.1, -0.05) is 178 Å². The van der Waals surface area contributed by atoms with Crippen LogP contribution in [0.25, 0.3) is 0 Å². The van der Waals surface area contributed by atoms with Gasteiger partial charge in [-0.3, -0.25) is 13.8 Å². The number of carbonyl (C=O) groups excluding carboxylic acids is 1. The number of hydrogen-bond donors (Lipinski definition) is 3. The van der Waals surface area contributed by atoms with Gasteiger partial charge in [0, 0.05) is 6.42 Å². The van der Waals surface area contributed by atoms with Crippen LogP contribution in [0.2, 0.25) is 0 Å². The third-order valence-electron chi connectivity index (χ3n) is 10.5. The van der Waals surface area contributed by atoms with Gasteiger partial charge in [0.15, 0.2) is 0 Å². The van der Waals surface area contributed by atoms with E-state index in [1.807, 2.05) is 27.2 Å². The van der Waals surface area contributed by atoms with Gasteiger partial charge in [0.1, 0.15) is 13.2 Å². The molecule has 0 fully saturated rings. The minimum atomic E-state index is -4.35. The summed E-state index contributed by atoms with van der Waals surface area (Å²) in [5.74, 6) is -0.193. The van der Waals surface area contributed by atoms with E-state index in [0.717, 1.165) is 51.4 Å². The molecular formula is C49H94N2O6P+. The lowest BCUT2D eigenvalue weighted by Gasteiger charge is -2.25. The molecule has 3 unspecified atom stereocenters. The third-order valence-corrected chi connectivity index (χ3v) is 11.5. The van der Waals surface area contributed by atoms with E-state index >= 15 is 0 Å². The molecule has 0 aromatic heterocycles. The van der Waals surface area contributed by atoms with Crippen LogP contribution in [0.15, 0.2) is 48.6 Å². The summed E-state index contributed by atoms with van der Waals surface area (Å²) in [7, 11) is 1.54. The van der Waals surface area contributed by atoms with Crippen LogP contribution in [0.4, 0.5) is 0 Å². The number of likely N-dealkylation sites (N-methyl/N-ethyl adjacent to an activating group) is 1. The van der Waals surface area contributed by atoms with Crippen LogP contribution in [0.1, 0.15) is 206 Å². The number of quaternary nitrogens is 1. The SMILES string of the molecule is CCCCC/C=C/CC/C=C/CC/C=C/C(O)C(COP(=O)(O)OCC[N+](C)(C)C)NC(=O)CCCCCCCCCCCCC/C=C\CCCCCCCCCC. The van der Waals surface area contributed by atoms with Gasteiger partial charge < -0.3 is 19.8 Å². The molecule has 0 aromatic rings. The third kappa shape index (κ3) is 42.6. The zero-order valence-corrected chi connectivity index (χ0v) is 39.4. The molecule has 8 nitrogen and oxygen atoms in total. The molecule has 0 saturated carbocycles. The first kappa shape index (κ1) is 56.5. The van der Waals surface area contributed by atoms with E-state index in [1.165, 1.54) is 135 Å². The standard InChI is InChI=1S/C49H93N2O6P/c1-6-8-10-12-14-16-18-20-21-22-23-24-25-26-27-28-29-31-33-35-37-39-41-43-49(53)50-47(46-57-58(54,55)56-45-44-51(3,4)5)48(52)42-40-38-36-34-32-30-19-17-15-13-11-9-7-2/h15,17,22-23,32,34,40,42,47-48,52H,6-14,16,18-21,24-31,33,35-39,41,43-46H2,1-5H3,(H-,50,53,54,55)/p+1/b17-15+,23-22-,34-32+,42-40+. The summed E-state index contributed by atoms with van der Waals surface area (Å²) >= 11 is 0. The van der Waals surface area contributed by atoms with E-state index in [4.69, 9.17) is 9.05 Å². The van der Waals surface area contributed by atoms with Crippen molar-refractivity contribution in [1.29, 1.82) is 0 Å². The Morgan fingerprint density at radius 1 is 0.569 bits per heavy atom. The minimum Gasteiger partial charge on any atom is -0.387 e. The molecule has 1 amide bonds. The number of phosphoric acid groups is 1. The van der Waals surface area contributed by atoms with Gasteiger partial charge in [0.25, 0.3) is 0 Å². The summed E-state index contributed by atoms with van der Waals surface area (Å²) in [5, 5.41) is 13.8. The first-order chi connectivity index (χ1) is 28.0. The molecule has 340 valence electrons. The highest BCUT2D eigenvalue weighted by atomic mass is 31.2. The number of allylic oxidation sites excluding steroid dienone is 7. The number of nitrogens with zero attached hydrogens (tertiary/aromatic N) is 1. The van der Waals surface area contributed by atoms with E-state index in [-0.39, 0.29) is 19.1 Å². The van der Waals surface area contributed by atoms with E-state index in [9.17, 15) is 19.4 Å². The van der Waals surface area contributed by atoms with Crippen molar-refractivity contribution in [3.8, 4) is 0 Å². The van der Waals surface area contributed by atoms with Crippen molar-refractivity contribution in [2.75, 3.05) is 40.9 Å². The molecule has 58 heavy (non-hydrogen) atoms. The van der Waals surface area contributed by atoms with Gasteiger partial charge in [-0.15, -0.1) is 0 Å². The smallest absolute Gasteiger partial charge is 0.387 e. The number of rotatable bonds is 43. The fourth-order valence-electron chi connectivity index (χ4n) is 6.66. The Kier molecular flexibility index (Phi) is 39.8. The average molecular weight is 838 g/mol. The topological polar surface area (TPSA) is 105 Å². The van der Waals surface area contributed by atoms with Crippen molar-refractivity contribution < 1.29 is 32.9 Å². The Morgan fingerprint density at radius 2 is 0.948 bits per heavy atom. The van der Waals surface area contributed by atoms with Crippen molar-refractivity contribution in [3.05, 3.63) is 48.6 Å². The molecule has 3 atom stereocenters. The van der Waals surface area contributed by atoms with Crippen LogP contribution in [0.3, 0.4) is 0 Å². The lowest BCUT2D eigenvalue weighted by atomic mass is 10.0. The van der Waals surface area contributed by atoms with Crippen molar-refractivity contribution in [2.24, 2.45) is 0 Å². The summed E-state index contributed by atoms with van der Waals surface area (Å²) in [6.07, 6.45) is 51.9. The number of carbonyl (C=O) groups is 1. The maximum Gasteiger partial charge on any atom is 0.472 e. The van der Waals surface area contributed by atoms with Crippen LogP contribution >= 0.6 is 7.82 Å². The van der Waals surface area contributed by atoms with E-state index < -0.39 is 20.0 Å². The van der Waals surface area contributed by atoms with Gasteiger partial charge in [-0.05, 0) is 70.6 Å². The highest BCUT2D eigenvalue weighted by Gasteiger charge is 2.27. The van der Waals surface area contributed by atoms with E-state index in [1.54, 1.807) is 6.08 Å². The molecule has 0 aromatic carbocycles. The molecule has 0 aliphatic carbocycles. The van der Waals surface area contributed by atoms with E-state index in [2.05, 4.69) is 55.6 Å². The molecule has 0 bridgehead atoms. The van der Waals surface area contributed by atoms with Gasteiger partial charge in [0.2, 0.25) is 5.91 Å². The zero-order valence-electron chi connectivity index (χ0n) is 38.5. The predicted molar refractivity (Wildman–Crippen MR) is 249 cm³/mol. The number of nitrogens with one attached hydrogen (secondary N) is 1. The van der Waals surface area contributed by atoms with Crippen LogP contribution in [0, 0.1) is 0 Å². The van der Waals surface area contributed by atoms with Gasteiger partial charge in [-0.25, -0.2) is 4.57 Å². The lowest BCUT2D eigenvalue weighted by molar-refractivity contribution is -0.870. The lowest BCUT2D eigenvalue weighted by Crippen LogP contribution is -2.45.